The number of hydrogen-bond donors (Lipinski definition) is 3. The number of nitrogens with one attached hydrogen (secondary N) is 2. The Morgan fingerprint density at radius 2 is 2.10 bits per heavy atom. The summed E-state index contributed by atoms with van der Waals surface area (Å²) in [4.78, 5) is 15.1. The number of amides is 1. The summed E-state index contributed by atoms with van der Waals surface area (Å²) in [5.74, 6) is -0.0806. The molecule has 1 aromatic heterocycles. The summed E-state index contributed by atoms with van der Waals surface area (Å²) in [6, 6.07) is 9.69. The van der Waals surface area contributed by atoms with Gasteiger partial charge in [-0.3, -0.25) is 4.79 Å². The van der Waals surface area contributed by atoms with Crippen LogP contribution in [0.3, 0.4) is 0 Å². The molecule has 0 saturated carbocycles. The molecule has 0 aliphatic heterocycles. The van der Waals surface area contributed by atoms with Gasteiger partial charge in [0.15, 0.2) is 0 Å². The van der Waals surface area contributed by atoms with Gasteiger partial charge in [-0.1, -0.05) is 32.0 Å². The lowest BCUT2D eigenvalue weighted by molar-refractivity contribution is 0.0944. The van der Waals surface area contributed by atoms with E-state index in [9.17, 15) is 4.79 Å². The summed E-state index contributed by atoms with van der Waals surface area (Å²) in [6.07, 6.45) is 1.75. The molecule has 1 heterocycles. The van der Waals surface area contributed by atoms with Crippen LogP contribution in [0.5, 0.6) is 0 Å². The lowest BCUT2D eigenvalue weighted by Gasteiger charge is -2.21. The molecule has 2 aromatic rings. The molecule has 0 saturated heterocycles. The predicted molar refractivity (Wildman–Crippen MR) is 80.7 cm³/mol. The molecule has 0 fully saturated rings. The largest absolute Gasteiger partial charge is 0.396 e. The van der Waals surface area contributed by atoms with Gasteiger partial charge in [-0.25, -0.2) is 0 Å². The number of fused-ring (bicyclic) bond motifs is 1. The summed E-state index contributed by atoms with van der Waals surface area (Å²) in [7, 11) is 0. The first-order valence-corrected chi connectivity index (χ1v) is 6.99. The Labute approximate surface area is 119 Å². The SMILES string of the molecule is CC(C)(CO)CCCNC(=O)c1cc2ccccc2[nH]1. The maximum absolute atomic E-state index is 12.0. The molecule has 0 aliphatic rings. The molecule has 0 atom stereocenters. The normalized spacial score (nSPS) is 11.8. The van der Waals surface area contributed by atoms with Gasteiger partial charge in [0.05, 0.1) is 0 Å². The third-order valence-corrected chi connectivity index (χ3v) is 3.52. The van der Waals surface area contributed by atoms with Crippen LogP contribution in [-0.2, 0) is 0 Å². The van der Waals surface area contributed by atoms with E-state index in [4.69, 9.17) is 5.11 Å². The fourth-order valence-corrected chi connectivity index (χ4v) is 2.14. The lowest BCUT2D eigenvalue weighted by Crippen LogP contribution is -2.26. The number of aromatic nitrogens is 1. The first-order chi connectivity index (χ1) is 9.52. The standard InChI is InChI=1S/C16H22N2O2/c1-16(2,11-19)8-5-9-17-15(20)14-10-12-6-3-4-7-13(12)18-14/h3-4,6-7,10,18-19H,5,8-9,11H2,1-2H3,(H,17,20). The van der Waals surface area contributed by atoms with Crippen LogP contribution in [0, 0.1) is 5.41 Å². The van der Waals surface area contributed by atoms with E-state index in [1.807, 2.05) is 44.2 Å². The minimum Gasteiger partial charge on any atom is -0.396 e. The zero-order valence-corrected chi connectivity index (χ0v) is 12.1. The van der Waals surface area contributed by atoms with E-state index >= 15 is 0 Å². The Hall–Kier alpha value is -1.81. The van der Waals surface area contributed by atoms with Crippen molar-refractivity contribution in [2.75, 3.05) is 13.2 Å². The van der Waals surface area contributed by atoms with Gasteiger partial charge in [0.1, 0.15) is 5.69 Å². The highest BCUT2D eigenvalue weighted by molar-refractivity contribution is 5.97. The zero-order chi connectivity index (χ0) is 14.6. The van der Waals surface area contributed by atoms with Crippen molar-refractivity contribution >= 4 is 16.8 Å². The van der Waals surface area contributed by atoms with Crippen LogP contribution in [0.15, 0.2) is 30.3 Å². The molecule has 20 heavy (non-hydrogen) atoms. The lowest BCUT2D eigenvalue weighted by atomic mass is 9.89. The second kappa shape index (κ2) is 6.09. The molecular weight excluding hydrogens is 252 g/mol. The van der Waals surface area contributed by atoms with Crippen molar-refractivity contribution in [1.82, 2.24) is 10.3 Å². The average Bonchev–Trinajstić information content (AvgIpc) is 2.87. The first-order valence-electron chi connectivity index (χ1n) is 6.99. The number of carbonyl (C=O) groups excluding carboxylic acids is 1. The van der Waals surface area contributed by atoms with E-state index in [0.717, 1.165) is 23.7 Å². The number of H-pyrrole nitrogens is 1. The van der Waals surface area contributed by atoms with Crippen molar-refractivity contribution in [2.24, 2.45) is 5.41 Å². The third-order valence-electron chi connectivity index (χ3n) is 3.52. The summed E-state index contributed by atoms with van der Waals surface area (Å²) in [6.45, 7) is 4.83. The first kappa shape index (κ1) is 14.6. The van der Waals surface area contributed by atoms with Gasteiger partial charge in [0, 0.05) is 24.1 Å². The smallest absolute Gasteiger partial charge is 0.267 e. The van der Waals surface area contributed by atoms with E-state index < -0.39 is 0 Å². The van der Waals surface area contributed by atoms with Gasteiger partial charge in [0.2, 0.25) is 0 Å². The van der Waals surface area contributed by atoms with E-state index in [2.05, 4.69) is 10.3 Å². The Morgan fingerprint density at radius 3 is 2.80 bits per heavy atom. The summed E-state index contributed by atoms with van der Waals surface area (Å²) >= 11 is 0. The molecule has 0 radical (unpaired) electrons. The van der Waals surface area contributed by atoms with E-state index in [1.165, 1.54) is 0 Å². The van der Waals surface area contributed by atoms with Gasteiger partial charge < -0.3 is 15.4 Å². The number of aromatic amines is 1. The number of hydrogen-bond acceptors (Lipinski definition) is 2. The summed E-state index contributed by atoms with van der Waals surface area (Å²) in [5, 5.41) is 13.1. The van der Waals surface area contributed by atoms with Crippen LogP contribution >= 0.6 is 0 Å². The Balaban J connectivity index is 1.86. The van der Waals surface area contributed by atoms with Gasteiger partial charge in [-0.05, 0) is 30.4 Å². The van der Waals surface area contributed by atoms with Crippen LogP contribution < -0.4 is 5.32 Å². The topological polar surface area (TPSA) is 65.1 Å². The number of benzene rings is 1. The quantitative estimate of drug-likeness (QED) is 0.709. The Kier molecular flexibility index (Phi) is 4.45. The molecule has 0 bridgehead atoms. The van der Waals surface area contributed by atoms with Gasteiger partial charge in [0.25, 0.3) is 5.91 Å². The fraction of sp³-hybridized carbons (Fsp3) is 0.438. The molecule has 2 rings (SSSR count). The van der Waals surface area contributed by atoms with Crippen LogP contribution in [0.4, 0.5) is 0 Å². The fourth-order valence-electron chi connectivity index (χ4n) is 2.14. The van der Waals surface area contributed by atoms with Crippen LogP contribution in [-0.4, -0.2) is 29.1 Å². The summed E-state index contributed by atoms with van der Waals surface area (Å²) in [5.41, 5.74) is 1.48. The van der Waals surface area contributed by atoms with Crippen LogP contribution in [0.25, 0.3) is 10.9 Å². The highest BCUT2D eigenvalue weighted by Gasteiger charge is 2.16. The molecule has 0 spiro atoms. The van der Waals surface area contributed by atoms with Crippen molar-refractivity contribution in [2.45, 2.75) is 26.7 Å². The maximum Gasteiger partial charge on any atom is 0.267 e. The van der Waals surface area contributed by atoms with Gasteiger partial charge in [-0.2, -0.15) is 0 Å². The van der Waals surface area contributed by atoms with Gasteiger partial charge in [-0.15, -0.1) is 0 Å². The molecule has 1 aromatic carbocycles. The molecule has 4 heteroatoms. The molecule has 3 N–H and O–H groups in total. The molecule has 1 amide bonds. The van der Waals surface area contributed by atoms with Crippen molar-refractivity contribution in [3.8, 4) is 0 Å². The minimum absolute atomic E-state index is 0.0775. The summed E-state index contributed by atoms with van der Waals surface area (Å²) < 4.78 is 0. The highest BCUT2D eigenvalue weighted by Crippen LogP contribution is 2.20. The van der Waals surface area contributed by atoms with Crippen molar-refractivity contribution in [3.05, 3.63) is 36.0 Å². The zero-order valence-electron chi connectivity index (χ0n) is 12.1. The highest BCUT2D eigenvalue weighted by atomic mass is 16.3. The number of rotatable bonds is 6. The second-order valence-corrected chi connectivity index (χ2v) is 5.95. The van der Waals surface area contributed by atoms with Gasteiger partial charge >= 0.3 is 0 Å². The predicted octanol–water partition coefficient (Wildman–Crippen LogP) is 2.70. The number of aliphatic hydroxyl groups is 1. The Bertz CT molecular complexity index is 554. The van der Waals surface area contributed by atoms with Crippen molar-refractivity contribution < 1.29 is 9.90 Å². The molecular formula is C16H22N2O2. The van der Waals surface area contributed by atoms with Crippen molar-refractivity contribution in [3.63, 3.8) is 0 Å². The van der Waals surface area contributed by atoms with Crippen LogP contribution in [0.2, 0.25) is 0 Å². The molecule has 4 nitrogen and oxygen atoms in total. The van der Waals surface area contributed by atoms with E-state index in [0.29, 0.717) is 12.2 Å². The second-order valence-electron chi connectivity index (χ2n) is 5.95. The van der Waals surface area contributed by atoms with E-state index in [-0.39, 0.29) is 17.9 Å². The number of aliphatic hydroxyl groups excluding tert-OH is 1. The molecule has 108 valence electrons. The monoisotopic (exact) mass is 274 g/mol. The van der Waals surface area contributed by atoms with E-state index in [1.54, 1.807) is 0 Å². The molecule has 0 aliphatic carbocycles. The minimum atomic E-state index is -0.0806. The Morgan fingerprint density at radius 1 is 1.35 bits per heavy atom. The van der Waals surface area contributed by atoms with Crippen molar-refractivity contribution in [1.29, 1.82) is 0 Å². The number of para-hydroxylation sites is 1. The molecule has 0 unspecified atom stereocenters. The average molecular weight is 274 g/mol. The maximum atomic E-state index is 12.0. The third kappa shape index (κ3) is 3.61. The number of carbonyl (C=O) groups is 1. The van der Waals surface area contributed by atoms with Crippen LogP contribution in [0.1, 0.15) is 37.2 Å².